The summed E-state index contributed by atoms with van der Waals surface area (Å²) in [4.78, 5) is 0. The van der Waals surface area contributed by atoms with Gasteiger partial charge in [-0.25, -0.2) is 4.68 Å². The summed E-state index contributed by atoms with van der Waals surface area (Å²) >= 11 is 0. The minimum atomic E-state index is 0.870. The first-order valence-electron chi connectivity index (χ1n) is 5.43. The minimum absolute atomic E-state index is 0.870. The summed E-state index contributed by atoms with van der Waals surface area (Å²) in [5.41, 5.74) is 1.16. The van der Waals surface area contributed by atoms with Gasteiger partial charge in [-0.2, -0.15) is 5.10 Å². The molecule has 0 amide bonds. The molecule has 86 valence electrons. The van der Waals surface area contributed by atoms with Crippen molar-refractivity contribution in [3.8, 4) is 11.6 Å². The van der Waals surface area contributed by atoms with Gasteiger partial charge in [-0.05, 0) is 30.3 Å². The van der Waals surface area contributed by atoms with E-state index >= 15 is 0 Å². The molecular weight excluding hydrogens is 214 g/mol. The fourth-order valence-corrected chi connectivity index (χ4v) is 2.06. The summed E-state index contributed by atoms with van der Waals surface area (Å²) < 4.78 is 9.20. The van der Waals surface area contributed by atoms with Gasteiger partial charge in [0.1, 0.15) is 11.6 Å². The van der Waals surface area contributed by atoms with Gasteiger partial charge in [-0.15, -0.1) is 0 Å². The molecule has 4 heteroatoms. The quantitative estimate of drug-likeness (QED) is 0.673. The lowest BCUT2D eigenvalue weighted by atomic mass is 10.2. The highest BCUT2D eigenvalue weighted by molar-refractivity contribution is 5.84. The number of rotatable bonds is 2. The van der Waals surface area contributed by atoms with E-state index in [0.29, 0.717) is 0 Å². The number of benzene rings is 1. The normalized spacial score (nSPS) is 10.9. The molecule has 0 atom stereocenters. The van der Waals surface area contributed by atoms with Gasteiger partial charge in [0.05, 0.1) is 7.11 Å². The van der Waals surface area contributed by atoms with Crippen LogP contribution in [-0.2, 0) is 7.05 Å². The van der Waals surface area contributed by atoms with E-state index in [4.69, 9.17) is 4.74 Å². The van der Waals surface area contributed by atoms with Gasteiger partial charge < -0.3 is 9.30 Å². The van der Waals surface area contributed by atoms with Crippen LogP contribution in [0.15, 0.2) is 42.7 Å². The van der Waals surface area contributed by atoms with Crippen LogP contribution in [0.3, 0.4) is 0 Å². The summed E-state index contributed by atoms with van der Waals surface area (Å²) in [6.07, 6.45) is 3.71. The van der Waals surface area contributed by atoms with Crippen LogP contribution in [0, 0.1) is 0 Å². The van der Waals surface area contributed by atoms with Crippen molar-refractivity contribution in [1.82, 2.24) is 14.3 Å². The third kappa shape index (κ3) is 1.49. The highest BCUT2D eigenvalue weighted by atomic mass is 16.5. The lowest BCUT2D eigenvalue weighted by Crippen LogP contribution is -2.01. The molecule has 0 N–H and O–H groups in total. The number of methoxy groups -OCH3 is 1. The summed E-state index contributed by atoms with van der Waals surface area (Å²) in [6.45, 7) is 0. The average molecular weight is 227 g/mol. The first-order chi connectivity index (χ1) is 8.29. The third-order valence-corrected chi connectivity index (χ3v) is 2.96. The van der Waals surface area contributed by atoms with Gasteiger partial charge in [0.2, 0.25) is 0 Å². The molecule has 2 aromatic heterocycles. The summed E-state index contributed by atoms with van der Waals surface area (Å²) in [6, 6.07) is 10.1. The molecule has 1 aromatic carbocycles. The maximum absolute atomic E-state index is 5.23. The molecule has 0 saturated carbocycles. The average Bonchev–Trinajstić information content (AvgIpc) is 2.97. The third-order valence-electron chi connectivity index (χ3n) is 2.96. The van der Waals surface area contributed by atoms with E-state index in [1.54, 1.807) is 13.3 Å². The summed E-state index contributed by atoms with van der Waals surface area (Å²) in [7, 11) is 3.71. The molecule has 3 rings (SSSR count). The second-order valence-electron chi connectivity index (χ2n) is 3.94. The number of aryl methyl sites for hydroxylation is 1. The molecule has 0 fully saturated rings. The highest BCUT2D eigenvalue weighted by Gasteiger charge is 2.08. The number of hydrogen-bond donors (Lipinski definition) is 0. The standard InChI is InChI=1S/C13H13N3O/c1-15-12-5-4-11(17-2)8-10(12)9-13(15)16-7-3-6-14-16/h3-9H,1-2H3. The number of fused-ring (bicyclic) bond motifs is 1. The molecule has 0 aliphatic rings. The number of nitrogens with zero attached hydrogens (tertiary/aromatic N) is 3. The molecule has 0 unspecified atom stereocenters. The predicted molar refractivity (Wildman–Crippen MR) is 66.6 cm³/mol. The minimum Gasteiger partial charge on any atom is -0.497 e. The first-order valence-corrected chi connectivity index (χ1v) is 5.43. The molecule has 0 saturated heterocycles. The zero-order valence-corrected chi connectivity index (χ0v) is 9.79. The fraction of sp³-hybridized carbons (Fsp3) is 0.154. The van der Waals surface area contributed by atoms with Crippen molar-refractivity contribution < 1.29 is 4.74 Å². The fourth-order valence-electron chi connectivity index (χ4n) is 2.06. The van der Waals surface area contributed by atoms with Crippen molar-refractivity contribution in [2.24, 2.45) is 7.05 Å². The molecule has 3 aromatic rings. The summed E-state index contributed by atoms with van der Waals surface area (Å²) in [5, 5.41) is 5.40. The van der Waals surface area contributed by atoms with Crippen molar-refractivity contribution in [1.29, 1.82) is 0 Å². The SMILES string of the molecule is COc1ccc2c(c1)cc(-n1cccn1)n2C. The molecule has 0 bridgehead atoms. The monoisotopic (exact) mass is 227 g/mol. The summed E-state index contributed by atoms with van der Waals surface area (Å²) in [5.74, 6) is 1.91. The lowest BCUT2D eigenvalue weighted by molar-refractivity contribution is 0.415. The van der Waals surface area contributed by atoms with Gasteiger partial charge in [-0.1, -0.05) is 0 Å². The Labute approximate surface area is 99.0 Å². The van der Waals surface area contributed by atoms with Crippen molar-refractivity contribution in [3.05, 3.63) is 42.7 Å². The molecule has 17 heavy (non-hydrogen) atoms. The topological polar surface area (TPSA) is 32.0 Å². The van der Waals surface area contributed by atoms with Crippen molar-refractivity contribution in [3.63, 3.8) is 0 Å². The van der Waals surface area contributed by atoms with Gasteiger partial charge >= 0.3 is 0 Å². The van der Waals surface area contributed by atoms with Crippen LogP contribution in [0.5, 0.6) is 5.75 Å². The van der Waals surface area contributed by atoms with Gasteiger partial charge in [-0.3, -0.25) is 0 Å². The van der Waals surface area contributed by atoms with E-state index in [9.17, 15) is 0 Å². The zero-order valence-electron chi connectivity index (χ0n) is 9.79. The number of aromatic nitrogens is 3. The Balaban J connectivity index is 2.24. The number of ether oxygens (including phenoxy) is 1. The van der Waals surface area contributed by atoms with Gasteiger partial charge in [0.25, 0.3) is 0 Å². The van der Waals surface area contributed by atoms with E-state index in [-0.39, 0.29) is 0 Å². The zero-order chi connectivity index (χ0) is 11.8. The van der Waals surface area contributed by atoms with Crippen LogP contribution in [0.2, 0.25) is 0 Å². The Morgan fingerprint density at radius 3 is 2.82 bits per heavy atom. The van der Waals surface area contributed by atoms with Crippen LogP contribution in [0.25, 0.3) is 16.7 Å². The molecule has 2 heterocycles. The van der Waals surface area contributed by atoms with Crippen LogP contribution < -0.4 is 4.74 Å². The van der Waals surface area contributed by atoms with Crippen LogP contribution in [0.4, 0.5) is 0 Å². The Hall–Kier alpha value is -2.23. The molecule has 0 aliphatic carbocycles. The molecule has 0 aliphatic heterocycles. The van der Waals surface area contributed by atoms with Gasteiger partial charge in [0.15, 0.2) is 0 Å². The van der Waals surface area contributed by atoms with Crippen molar-refractivity contribution in [2.75, 3.05) is 7.11 Å². The predicted octanol–water partition coefficient (Wildman–Crippen LogP) is 2.37. The van der Waals surface area contributed by atoms with Crippen LogP contribution >= 0.6 is 0 Å². The van der Waals surface area contributed by atoms with E-state index in [1.807, 2.05) is 36.1 Å². The maximum Gasteiger partial charge on any atom is 0.134 e. The maximum atomic E-state index is 5.23. The Morgan fingerprint density at radius 1 is 1.24 bits per heavy atom. The second kappa shape index (κ2) is 3.66. The molecule has 0 spiro atoms. The van der Waals surface area contributed by atoms with E-state index < -0.39 is 0 Å². The van der Waals surface area contributed by atoms with Gasteiger partial charge in [0, 0.05) is 30.3 Å². The van der Waals surface area contributed by atoms with Crippen LogP contribution in [-0.4, -0.2) is 21.5 Å². The lowest BCUT2D eigenvalue weighted by Gasteiger charge is -2.03. The Kier molecular flexibility index (Phi) is 2.14. The van der Waals surface area contributed by atoms with Crippen molar-refractivity contribution >= 4 is 10.9 Å². The molecular formula is C13H13N3O. The van der Waals surface area contributed by atoms with E-state index in [0.717, 1.165) is 22.5 Å². The highest BCUT2D eigenvalue weighted by Crippen LogP contribution is 2.25. The first kappa shape index (κ1) is 9.96. The Morgan fingerprint density at radius 2 is 2.12 bits per heavy atom. The molecule has 0 radical (unpaired) electrons. The largest absolute Gasteiger partial charge is 0.497 e. The smallest absolute Gasteiger partial charge is 0.134 e. The number of hydrogen-bond acceptors (Lipinski definition) is 2. The van der Waals surface area contributed by atoms with E-state index in [1.165, 1.54) is 0 Å². The van der Waals surface area contributed by atoms with E-state index in [2.05, 4.69) is 21.8 Å². The second-order valence-corrected chi connectivity index (χ2v) is 3.94. The van der Waals surface area contributed by atoms with Crippen LogP contribution in [0.1, 0.15) is 0 Å². The van der Waals surface area contributed by atoms with Crippen molar-refractivity contribution in [2.45, 2.75) is 0 Å². The molecule has 4 nitrogen and oxygen atoms in total. The Bertz CT molecular complexity index is 653.